The average Bonchev–Trinajstić information content (AvgIpc) is 2.28. The molecule has 1 N–H and O–H groups in total. The molecule has 1 aliphatic rings. The van der Waals surface area contributed by atoms with Gasteiger partial charge in [0.1, 0.15) is 0 Å². The van der Waals surface area contributed by atoms with Crippen LogP contribution in [0.2, 0.25) is 0 Å². The summed E-state index contributed by atoms with van der Waals surface area (Å²) in [4.78, 5) is 2.74. The van der Waals surface area contributed by atoms with Crippen LogP contribution in [0.5, 0.6) is 0 Å². The van der Waals surface area contributed by atoms with Crippen molar-refractivity contribution in [3.8, 4) is 0 Å². The Kier molecular flexibility index (Phi) is 7.04. The van der Waals surface area contributed by atoms with E-state index in [1.165, 1.54) is 38.1 Å². The standard InChI is InChI=1S/C15H32N2S/c1-6-8-13-12-17(9-7-10-18-5)14(11-16-13)15(2,3)4/h13-14,16H,6-12H2,1-5H3. The van der Waals surface area contributed by atoms with E-state index in [-0.39, 0.29) is 0 Å². The highest BCUT2D eigenvalue weighted by Crippen LogP contribution is 2.27. The second-order valence-corrected chi connectivity index (χ2v) is 7.60. The molecule has 1 fully saturated rings. The van der Waals surface area contributed by atoms with Gasteiger partial charge in [0.25, 0.3) is 0 Å². The highest BCUT2D eigenvalue weighted by molar-refractivity contribution is 7.98. The SMILES string of the molecule is CCCC1CN(CCCSC)C(C(C)(C)C)CN1. The predicted molar refractivity (Wildman–Crippen MR) is 84.5 cm³/mol. The van der Waals surface area contributed by atoms with Gasteiger partial charge in [-0.05, 0) is 36.8 Å². The molecule has 2 unspecified atom stereocenters. The largest absolute Gasteiger partial charge is 0.311 e. The lowest BCUT2D eigenvalue weighted by Gasteiger charge is -2.46. The lowest BCUT2D eigenvalue weighted by atomic mass is 9.83. The Morgan fingerprint density at radius 3 is 2.61 bits per heavy atom. The molecule has 1 saturated heterocycles. The van der Waals surface area contributed by atoms with Gasteiger partial charge in [-0.1, -0.05) is 34.1 Å². The van der Waals surface area contributed by atoms with Crippen LogP contribution < -0.4 is 5.32 Å². The molecule has 0 radical (unpaired) electrons. The van der Waals surface area contributed by atoms with Gasteiger partial charge in [0.2, 0.25) is 0 Å². The molecule has 1 aliphatic heterocycles. The van der Waals surface area contributed by atoms with E-state index in [9.17, 15) is 0 Å². The molecule has 0 saturated carbocycles. The fourth-order valence-corrected chi connectivity index (χ4v) is 3.35. The van der Waals surface area contributed by atoms with Crippen LogP contribution in [0, 0.1) is 5.41 Å². The molecule has 3 heteroatoms. The monoisotopic (exact) mass is 272 g/mol. The van der Waals surface area contributed by atoms with Crippen molar-refractivity contribution >= 4 is 11.8 Å². The van der Waals surface area contributed by atoms with Crippen molar-refractivity contribution in [2.75, 3.05) is 31.6 Å². The number of hydrogen-bond acceptors (Lipinski definition) is 3. The normalized spacial score (nSPS) is 26.5. The molecule has 1 rings (SSSR count). The molecular formula is C15H32N2S. The van der Waals surface area contributed by atoms with Gasteiger partial charge in [-0.3, -0.25) is 4.90 Å². The van der Waals surface area contributed by atoms with E-state index in [2.05, 4.69) is 44.2 Å². The van der Waals surface area contributed by atoms with Crippen LogP contribution in [0.15, 0.2) is 0 Å². The summed E-state index contributed by atoms with van der Waals surface area (Å²) >= 11 is 1.97. The Morgan fingerprint density at radius 1 is 1.33 bits per heavy atom. The fraction of sp³-hybridized carbons (Fsp3) is 1.00. The van der Waals surface area contributed by atoms with Gasteiger partial charge in [0.05, 0.1) is 0 Å². The summed E-state index contributed by atoms with van der Waals surface area (Å²) in [5.41, 5.74) is 0.379. The van der Waals surface area contributed by atoms with E-state index in [4.69, 9.17) is 0 Å². The van der Waals surface area contributed by atoms with Crippen molar-refractivity contribution in [2.24, 2.45) is 5.41 Å². The Balaban J connectivity index is 2.55. The minimum Gasteiger partial charge on any atom is -0.311 e. The molecule has 2 nitrogen and oxygen atoms in total. The van der Waals surface area contributed by atoms with Crippen LogP contribution in [-0.4, -0.2) is 48.6 Å². The number of piperazine rings is 1. The topological polar surface area (TPSA) is 15.3 Å². The maximum atomic E-state index is 3.75. The summed E-state index contributed by atoms with van der Waals surface area (Å²) in [5, 5.41) is 3.75. The molecule has 0 bridgehead atoms. The molecule has 1 heterocycles. The molecule has 0 aromatic heterocycles. The third-order valence-electron chi connectivity index (χ3n) is 3.93. The number of nitrogens with one attached hydrogen (secondary N) is 1. The summed E-state index contributed by atoms with van der Waals surface area (Å²) in [6, 6.07) is 1.40. The van der Waals surface area contributed by atoms with Crippen molar-refractivity contribution in [2.45, 2.75) is 59.0 Å². The van der Waals surface area contributed by atoms with Crippen LogP contribution in [0.3, 0.4) is 0 Å². The van der Waals surface area contributed by atoms with Gasteiger partial charge < -0.3 is 5.32 Å². The first-order chi connectivity index (χ1) is 8.49. The van der Waals surface area contributed by atoms with Crippen molar-refractivity contribution in [3.05, 3.63) is 0 Å². The zero-order valence-corrected chi connectivity index (χ0v) is 13.8. The van der Waals surface area contributed by atoms with Gasteiger partial charge in [-0.2, -0.15) is 11.8 Å². The smallest absolute Gasteiger partial charge is 0.0269 e. The van der Waals surface area contributed by atoms with Crippen LogP contribution >= 0.6 is 11.8 Å². The Morgan fingerprint density at radius 2 is 2.06 bits per heavy atom. The van der Waals surface area contributed by atoms with Crippen LogP contribution in [-0.2, 0) is 0 Å². The van der Waals surface area contributed by atoms with Crippen molar-refractivity contribution < 1.29 is 0 Å². The third-order valence-corrected chi connectivity index (χ3v) is 4.62. The van der Waals surface area contributed by atoms with Gasteiger partial charge in [0, 0.05) is 25.2 Å². The molecule has 0 aromatic carbocycles. The van der Waals surface area contributed by atoms with Crippen molar-refractivity contribution in [3.63, 3.8) is 0 Å². The van der Waals surface area contributed by atoms with E-state index < -0.39 is 0 Å². The summed E-state index contributed by atoms with van der Waals surface area (Å²) in [5.74, 6) is 1.29. The Bertz CT molecular complexity index is 225. The highest BCUT2D eigenvalue weighted by atomic mass is 32.2. The number of nitrogens with zero attached hydrogens (tertiary/aromatic N) is 1. The van der Waals surface area contributed by atoms with Crippen molar-refractivity contribution in [1.82, 2.24) is 10.2 Å². The second-order valence-electron chi connectivity index (χ2n) is 6.62. The zero-order valence-electron chi connectivity index (χ0n) is 13.0. The fourth-order valence-electron chi connectivity index (χ4n) is 2.94. The Hall–Kier alpha value is 0.270. The predicted octanol–water partition coefficient (Wildman–Crippen LogP) is 3.23. The second kappa shape index (κ2) is 7.76. The molecule has 0 aliphatic carbocycles. The van der Waals surface area contributed by atoms with Gasteiger partial charge >= 0.3 is 0 Å². The molecule has 0 aromatic rings. The minimum atomic E-state index is 0.379. The molecule has 2 atom stereocenters. The molecule has 18 heavy (non-hydrogen) atoms. The van der Waals surface area contributed by atoms with Gasteiger partial charge in [0.15, 0.2) is 0 Å². The van der Waals surface area contributed by atoms with Crippen molar-refractivity contribution in [1.29, 1.82) is 0 Å². The van der Waals surface area contributed by atoms with E-state index in [0.717, 1.165) is 6.54 Å². The summed E-state index contributed by atoms with van der Waals surface area (Å²) in [6.07, 6.45) is 6.14. The summed E-state index contributed by atoms with van der Waals surface area (Å²) in [7, 11) is 0. The van der Waals surface area contributed by atoms with Gasteiger partial charge in [-0.25, -0.2) is 0 Å². The van der Waals surface area contributed by atoms with Crippen LogP contribution in [0.25, 0.3) is 0 Å². The van der Waals surface area contributed by atoms with Crippen LogP contribution in [0.4, 0.5) is 0 Å². The quantitative estimate of drug-likeness (QED) is 0.747. The van der Waals surface area contributed by atoms with Gasteiger partial charge in [-0.15, -0.1) is 0 Å². The molecule has 108 valence electrons. The summed E-state index contributed by atoms with van der Waals surface area (Å²) in [6.45, 7) is 13.1. The average molecular weight is 273 g/mol. The summed E-state index contributed by atoms with van der Waals surface area (Å²) < 4.78 is 0. The first kappa shape index (κ1) is 16.3. The maximum Gasteiger partial charge on any atom is 0.0269 e. The molecular weight excluding hydrogens is 240 g/mol. The highest BCUT2D eigenvalue weighted by Gasteiger charge is 2.34. The Labute approximate surface area is 118 Å². The number of thioether (sulfide) groups is 1. The first-order valence-corrected chi connectivity index (χ1v) is 8.84. The number of hydrogen-bond donors (Lipinski definition) is 1. The molecule has 0 spiro atoms. The lowest BCUT2D eigenvalue weighted by molar-refractivity contribution is 0.0542. The van der Waals surface area contributed by atoms with E-state index in [0.29, 0.717) is 17.5 Å². The first-order valence-electron chi connectivity index (χ1n) is 7.45. The van der Waals surface area contributed by atoms with Crippen LogP contribution in [0.1, 0.15) is 47.0 Å². The van der Waals surface area contributed by atoms with E-state index in [1.807, 2.05) is 11.8 Å². The third kappa shape index (κ3) is 5.10. The molecule has 0 amide bonds. The van der Waals surface area contributed by atoms with E-state index in [1.54, 1.807) is 0 Å². The minimum absolute atomic E-state index is 0.379. The lowest BCUT2D eigenvalue weighted by Crippen LogP contribution is -2.60. The van der Waals surface area contributed by atoms with E-state index >= 15 is 0 Å². The number of rotatable bonds is 6. The zero-order chi connectivity index (χ0) is 13.6. The maximum absolute atomic E-state index is 3.75.